The Kier molecular flexibility index (Phi) is 11.0. The van der Waals surface area contributed by atoms with E-state index in [1.54, 1.807) is 17.6 Å². The largest absolute Gasteiger partial charge is 0.326 e. The molecule has 5 nitrogen and oxygen atoms in total. The molecule has 3 N–H and O–H groups in total. The SMILES string of the molecule is C=C/C(=C\C=C/C)NC(=O)CCCCCCC(=O)NO. The Morgan fingerprint density at radius 1 is 1.10 bits per heavy atom. The van der Waals surface area contributed by atoms with Crippen LogP contribution in [0.4, 0.5) is 0 Å². The summed E-state index contributed by atoms with van der Waals surface area (Å²) in [5.41, 5.74) is 2.28. The van der Waals surface area contributed by atoms with E-state index in [4.69, 9.17) is 5.21 Å². The first-order valence-corrected chi connectivity index (χ1v) is 6.82. The third kappa shape index (κ3) is 10.1. The number of allylic oxidation sites excluding steroid dienone is 4. The summed E-state index contributed by atoms with van der Waals surface area (Å²) in [5, 5.41) is 11.1. The molecule has 0 spiro atoms. The number of hydroxylamine groups is 1. The number of nitrogens with one attached hydrogen (secondary N) is 2. The number of rotatable bonds is 10. The van der Waals surface area contributed by atoms with Crippen LogP contribution in [0.1, 0.15) is 45.4 Å². The van der Waals surface area contributed by atoms with Crippen LogP contribution in [0.15, 0.2) is 36.6 Å². The maximum atomic E-state index is 11.6. The molecule has 0 heterocycles. The van der Waals surface area contributed by atoms with Crippen molar-refractivity contribution >= 4 is 11.8 Å². The molecule has 0 aliphatic carbocycles. The Hall–Kier alpha value is -1.88. The molecule has 0 radical (unpaired) electrons. The maximum absolute atomic E-state index is 11.6. The quantitative estimate of drug-likeness (QED) is 0.249. The standard InChI is InChI=1S/C15H24N2O3/c1-3-5-10-13(4-2)16-14(18)11-8-6-7-9-12-15(19)17-20/h3-5,10,20H,2,6-9,11-12H2,1H3,(H,16,18)(H,17,19)/b5-3-,13-10+. The Morgan fingerprint density at radius 3 is 2.20 bits per heavy atom. The van der Waals surface area contributed by atoms with Gasteiger partial charge in [-0.1, -0.05) is 31.6 Å². The monoisotopic (exact) mass is 280 g/mol. The van der Waals surface area contributed by atoms with Crippen molar-refractivity contribution < 1.29 is 14.8 Å². The molecular weight excluding hydrogens is 256 g/mol. The molecule has 112 valence electrons. The lowest BCUT2D eigenvalue weighted by atomic mass is 10.1. The minimum Gasteiger partial charge on any atom is -0.326 e. The highest BCUT2D eigenvalue weighted by molar-refractivity contribution is 5.78. The van der Waals surface area contributed by atoms with Crippen molar-refractivity contribution in [1.29, 1.82) is 0 Å². The Balaban J connectivity index is 3.73. The van der Waals surface area contributed by atoms with E-state index in [0.717, 1.165) is 19.3 Å². The second-order valence-corrected chi connectivity index (χ2v) is 4.35. The molecule has 0 aromatic rings. The second-order valence-electron chi connectivity index (χ2n) is 4.35. The van der Waals surface area contributed by atoms with Crippen LogP contribution < -0.4 is 10.8 Å². The summed E-state index contributed by atoms with van der Waals surface area (Å²) >= 11 is 0. The van der Waals surface area contributed by atoms with E-state index in [1.807, 2.05) is 19.1 Å². The predicted molar refractivity (Wildman–Crippen MR) is 78.9 cm³/mol. The molecule has 20 heavy (non-hydrogen) atoms. The van der Waals surface area contributed by atoms with Crippen LogP contribution in [-0.4, -0.2) is 17.0 Å². The van der Waals surface area contributed by atoms with Crippen LogP contribution in [0.2, 0.25) is 0 Å². The fourth-order valence-electron chi connectivity index (χ4n) is 1.56. The highest BCUT2D eigenvalue weighted by Gasteiger charge is 2.03. The van der Waals surface area contributed by atoms with E-state index in [0.29, 0.717) is 25.0 Å². The zero-order valence-electron chi connectivity index (χ0n) is 12.0. The topological polar surface area (TPSA) is 78.4 Å². The molecular formula is C15H24N2O3. The van der Waals surface area contributed by atoms with Gasteiger partial charge in [0.2, 0.25) is 11.8 Å². The number of unbranched alkanes of at least 4 members (excludes halogenated alkanes) is 3. The Bertz CT molecular complexity index is 373. The summed E-state index contributed by atoms with van der Waals surface area (Å²) in [5.74, 6) is -0.402. The van der Waals surface area contributed by atoms with Crippen LogP contribution in [0, 0.1) is 0 Å². The molecule has 0 unspecified atom stereocenters. The molecule has 0 saturated carbocycles. The molecule has 0 fully saturated rings. The lowest BCUT2D eigenvalue weighted by Gasteiger charge is -2.05. The zero-order chi connectivity index (χ0) is 15.2. The number of carbonyl (C=O) groups is 2. The molecule has 0 saturated heterocycles. The van der Waals surface area contributed by atoms with Crippen molar-refractivity contribution in [3.63, 3.8) is 0 Å². The lowest BCUT2D eigenvalue weighted by molar-refractivity contribution is -0.129. The number of carbonyl (C=O) groups excluding carboxylic acids is 2. The first-order chi connectivity index (χ1) is 9.63. The highest BCUT2D eigenvalue weighted by atomic mass is 16.5. The summed E-state index contributed by atoms with van der Waals surface area (Å²) in [7, 11) is 0. The maximum Gasteiger partial charge on any atom is 0.243 e. The van der Waals surface area contributed by atoms with Crippen LogP contribution in [0.5, 0.6) is 0 Å². The summed E-state index contributed by atoms with van der Waals surface area (Å²) in [6.45, 7) is 5.54. The van der Waals surface area contributed by atoms with Crippen molar-refractivity contribution in [3.8, 4) is 0 Å². The van der Waals surface area contributed by atoms with E-state index >= 15 is 0 Å². The average Bonchev–Trinajstić information content (AvgIpc) is 2.46. The molecule has 0 aromatic heterocycles. The van der Waals surface area contributed by atoms with E-state index in [1.165, 1.54) is 0 Å². The van der Waals surface area contributed by atoms with Gasteiger partial charge in [0.1, 0.15) is 0 Å². The molecule has 0 aliphatic rings. The third-order valence-corrected chi connectivity index (χ3v) is 2.65. The van der Waals surface area contributed by atoms with Gasteiger partial charge in [-0.3, -0.25) is 14.8 Å². The van der Waals surface area contributed by atoms with E-state index in [-0.39, 0.29) is 11.8 Å². The van der Waals surface area contributed by atoms with Crippen molar-refractivity contribution in [3.05, 3.63) is 36.6 Å². The van der Waals surface area contributed by atoms with Gasteiger partial charge >= 0.3 is 0 Å². The average molecular weight is 280 g/mol. The minimum absolute atomic E-state index is 0.0336. The molecule has 5 heteroatoms. The van der Waals surface area contributed by atoms with Crippen molar-refractivity contribution in [2.24, 2.45) is 0 Å². The highest BCUT2D eigenvalue weighted by Crippen LogP contribution is 2.06. The van der Waals surface area contributed by atoms with Crippen molar-refractivity contribution in [2.45, 2.75) is 45.4 Å². The first-order valence-electron chi connectivity index (χ1n) is 6.82. The van der Waals surface area contributed by atoms with Gasteiger partial charge in [0.05, 0.1) is 0 Å². The van der Waals surface area contributed by atoms with Crippen LogP contribution >= 0.6 is 0 Å². The summed E-state index contributed by atoms with van der Waals surface area (Å²) < 4.78 is 0. The van der Waals surface area contributed by atoms with Gasteiger partial charge in [0, 0.05) is 18.5 Å². The van der Waals surface area contributed by atoms with Crippen LogP contribution in [0.3, 0.4) is 0 Å². The second kappa shape index (κ2) is 12.2. The fraction of sp³-hybridized carbons (Fsp3) is 0.467. The molecule has 2 amide bonds. The van der Waals surface area contributed by atoms with Gasteiger partial charge in [-0.2, -0.15) is 0 Å². The Morgan fingerprint density at radius 2 is 1.70 bits per heavy atom. The Labute approximate surface area is 120 Å². The van der Waals surface area contributed by atoms with Gasteiger partial charge < -0.3 is 5.32 Å². The van der Waals surface area contributed by atoms with Crippen LogP contribution in [0.25, 0.3) is 0 Å². The summed E-state index contributed by atoms with van der Waals surface area (Å²) in [6, 6.07) is 0. The predicted octanol–water partition coefficient (Wildman–Crippen LogP) is 2.59. The molecule has 0 bridgehead atoms. The fourth-order valence-corrected chi connectivity index (χ4v) is 1.56. The lowest BCUT2D eigenvalue weighted by Crippen LogP contribution is -2.21. The number of hydrogen-bond acceptors (Lipinski definition) is 3. The number of amides is 2. The molecule has 0 atom stereocenters. The van der Waals surface area contributed by atoms with Gasteiger partial charge in [0.25, 0.3) is 0 Å². The third-order valence-electron chi connectivity index (χ3n) is 2.65. The van der Waals surface area contributed by atoms with Gasteiger partial charge in [-0.25, -0.2) is 5.48 Å². The summed E-state index contributed by atoms with van der Waals surface area (Å²) in [4.78, 5) is 22.4. The van der Waals surface area contributed by atoms with E-state index in [2.05, 4.69) is 11.9 Å². The summed E-state index contributed by atoms with van der Waals surface area (Å²) in [6.07, 6.45) is 11.1. The smallest absolute Gasteiger partial charge is 0.243 e. The number of hydrogen-bond donors (Lipinski definition) is 3. The molecule has 0 rings (SSSR count). The normalized spacial score (nSPS) is 11.4. The van der Waals surface area contributed by atoms with Gasteiger partial charge in [-0.05, 0) is 31.9 Å². The molecule has 0 aromatic carbocycles. The van der Waals surface area contributed by atoms with Gasteiger partial charge in [0.15, 0.2) is 0 Å². The van der Waals surface area contributed by atoms with Gasteiger partial charge in [-0.15, -0.1) is 0 Å². The van der Waals surface area contributed by atoms with E-state index < -0.39 is 0 Å². The van der Waals surface area contributed by atoms with Crippen molar-refractivity contribution in [2.75, 3.05) is 0 Å². The van der Waals surface area contributed by atoms with E-state index in [9.17, 15) is 9.59 Å². The minimum atomic E-state index is -0.368. The van der Waals surface area contributed by atoms with Crippen LogP contribution in [-0.2, 0) is 9.59 Å². The van der Waals surface area contributed by atoms with Crippen molar-refractivity contribution in [1.82, 2.24) is 10.8 Å². The molecule has 0 aliphatic heterocycles. The zero-order valence-corrected chi connectivity index (χ0v) is 12.0. The first kappa shape index (κ1) is 18.1.